The molecule has 0 aromatic carbocycles. The molecule has 0 spiro atoms. The van der Waals surface area contributed by atoms with Crippen LogP contribution in [0.2, 0.25) is 0 Å². The Morgan fingerprint density at radius 3 is 2.82 bits per heavy atom. The zero-order valence-corrected chi connectivity index (χ0v) is 10.6. The molecule has 1 unspecified atom stereocenters. The van der Waals surface area contributed by atoms with Gasteiger partial charge in [-0.2, -0.15) is 5.26 Å². The summed E-state index contributed by atoms with van der Waals surface area (Å²) in [6.45, 7) is 4.34. The second kappa shape index (κ2) is 4.66. The first kappa shape index (κ1) is 12.4. The lowest BCUT2D eigenvalue weighted by atomic mass is 9.63. The Morgan fingerprint density at radius 1 is 1.59 bits per heavy atom. The molecule has 94 valence electrons. The van der Waals surface area contributed by atoms with Crippen molar-refractivity contribution in [2.45, 2.75) is 26.2 Å². The summed E-state index contributed by atoms with van der Waals surface area (Å²) in [5, 5.41) is 9.23. The molecular weight excluding hydrogens is 216 g/mol. The van der Waals surface area contributed by atoms with E-state index >= 15 is 0 Å². The molecule has 4 nitrogen and oxygen atoms in total. The van der Waals surface area contributed by atoms with Gasteiger partial charge in [-0.15, -0.1) is 0 Å². The fourth-order valence-electron chi connectivity index (χ4n) is 3.14. The van der Waals surface area contributed by atoms with E-state index in [-0.39, 0.29) is 5.91 Å². The summed E-state index contributed by atoms with van der Waals surface area (Å²) in [7, 11) is 1.69. The zero-order valence-electron chi connectivity index (χ0n) is 10.6. The van der Waals surface area contributed by atoms with E-state index in [9.17, 15) is 10.1 Å². The lowest BCUT2D eigenvalue weighted by Crippen LogP contribution is -2.49. The number of carbonyl (C=O) groups is 1. The van der Waals surface area contributed by atoms with Crippen LogP contribution in [0.4, 0.5) is 0 Å². The summed E-state index contributed by atoms with van der Waals surface area (Å²) in [5.74, 6) is 1.00. The molecule has 0 aromatic rings. The molecule has 4 heteroatoms. The first-order chi connectivity index (χ1) is 8.11. The summed E-state index contributed by atoms with van der Waals surface area (Å²) in [5.41, 5.74) is -0.707. The molecule has 0 bridgehead atoms. The number of amides is 1. The van der Waals surface area contributed by atoms with Gasteiger partial charge in [-0.05, 0) is 25.2 Å². The third kappa shape index (κ3) is 2.16. The van der Waals surface area contributed by atoms with Gasteiger partial charge >= 0.3 is 0 Å². The van der Waals surface area contributed by atoms with E-state index < -0.39 is 5.41 Å². The summed E-state index contributed by atoms with van der Waals surface area (Å²) >= 11 is 0. The predicted octanol–water partition coefficient (Wildman–Crippen LogP) is 1.42. The minimum Gasteiger partial charge on any atom is -0.384 e. The van der Waals surface area contributed by atoms with Crippen LogP contribution in [0.5, 0.6) is 0 Å². The zero-order chi connectivity index (χ0) is 12.5. The van der Waals surface area contributed by atoms with Crippen LogP contribution in [-0.2, 0) is 9.53 Å². The lowest BCUT2D eigenvalue weighted by Gasteiger charge is -2.41. The molecule has 1 saturated carbocycles. The number of carbonyl (C=O) groups excluding carboxylic acids is 1. The topological polar surface area (TPSA) is 53.3 Å². The second-order valence-corrected chi connectivity index (χ2v) is 5.57. The average molecular weight is 236 g/mol. The van der Waals surface area contributed by atoms with Crippen LogP contribution in [0.15, 0.2) is 0 Å². The van der Waals surface area contributed by atoms with Crippen molar-refractivity contribution in [3.05, 3.63) is 0 Å². The van der Waals surface area contributed by atoms with Crippen molar-refractivity contribution in [2.24, 2.45) is 17.3 Å². The summed E-state index contributed by atoms with van der Waals surface area (Å²) in [4.78, 5) is 14.2. The Balaban J connectivity index is 1.95. The predicted molar refractivity (Wildman–Crippen MR) is 63.0 cm³/mol. The molecule has 0 radical (unpaired) electrons. The van der Waals surface area contributed by atoms with Crippen molar-refractivity contribution in [1.82, 2.24) is 4.90 Å². The molecule has 1 saturated heterocycles. The van der Waals surface area contributed by atoms with Crippen LogP contribution < -0.4 is 0 Å². The number of ether oxygens (including phenoxy) is 1. The van der Waals surface area contributed by atoms with Crippen LogP contribution >= 0.6 is 0 Å². The van der Waals surface area contributed by atoms with Crippen molar-refractivity contribution in [3.63, 3.8) is 0 Å². The van der Waals surface area contributed by atoms with Gasteiger partial charge in [0.1, 0.15) is 5.41 Å². The van der Waals surface area contributed by atoms with E-state index in [0.29, 0.717) is 18.4 Å². The number of rotatable bonds is 3. The SMILES string of the molecule is COCC1CCN(C(=O)C2(C#N)CC(C)C2)C1. The number of hydrogen-bond donors (Lipinski definition) is 0. The number of nitrogens with zero attached hydrogens (tertiary/aromatic N) is 2. The Morgan fingerprint density at radius 2 is 2.29 bits per heavy atom. The van der Waals surface area contributed by atoms with E-state index in [1.54, 1.807) is 7.11 Å². The first-order valence-electron chi connectivity index (χ1n) is 6.31. The normalized spacial score (nSPS) is 36.4. The summed E-state index contributed by atoms with van der Waals surface area (Å²) < 4.78 is 5.12. The molecule has 2 fully saturated rings. The average Bonchev–Trinajstić information content (AvgIpc) is 2.72. The molecule has 2 aliphatic rings. The molecule has 1 aliphatic carbocycles. The van der Waals surface area contributed by atoms with Crippen molar-refractivity contribution in [2.75, 3.05) is 26.8 Å². The highest BCUT2D eigenvalue weighted by Gasteiger charge is 2.51. The van der Waals surface area contributed by atoms with Gasteiger partial charge in [-0.3, -0.25) is 4.79 Å². The molecule has 1 atom stereocenters. The van der Waals surface area contributed by atoms with Gasteiger partial charge in [0.25, 0.3) is 0 Å². The van der Waals surface area contributed by atoms with Crippen molar-refractivity contribution < 1.29 is 9.53 Å². The second-order valence-electron chi connectivity index (χ2n) is 5.57. The molecule has 0 aromatic heterocycles. The van der Waals surface area contributed by atoms with E-state index in [1.807, 2.05) is 4.90 Å². The van der Waals surface area contributed by atoms with Crippen LogP contribution in [0, 0.1) is 28.6 Å². The van der Waals surface area contributed by atoms with Crippen LogP contribution in [0.3, 0.4) is 0 Å². The highest BCUT2D eigenvalue weighted by atomic mass is 16.5. The molecular formula is C13H20N2O2. The van der Waals surface area contributed by atoms with Gasteiger partial charge in [0.15, 0.2) is 0 Å². The molecule has 17 heavy (non-hydrogen) atoms. The maximum absolute atomic E-state index is 12.3. The minimum absolute atomic E-state index is 0.0525. The highest BCUT2D eigenvalue weighted by Crippen LogP contribution is 2.46. The Bertz CT molecular complexity index is 342. The van der Waals surface area contributed by atoms with Gasteiger partial charge in [0, 0.05) is 26.1 Å². The first-order valence-corrected chi connectivity index (χ1v) is 6.31. The van der Waals surface area contributed by atoms with Gasteiger partial charge < -0.3 is 9.64 Å². The number of nitriles is 1. The fraction of sp³-hybridized carbons (Fsp3) is 0.846. The molecule has 0 N–H and O–H groups in total. The molecule has 1 amide bonds. The molecule has 1 aliphatic heterocycles. The third-order valence-electron chi connectivity index (χ3n) is 3.99. The van der Waals surface area contributed by atoms with Crippen LogP contribution in [0.25, 0.3) is 0 Å². The minimum atomic E-state index is -0.707. The van der Waals surface area contributed by atoms with E-state index in [0.717, 1.165) is 32.4 Å². The maximum atomic E-state index is 12.3. The van der Waals surface area contributed by atoms with Gasteiger partial charge in [0.2, 0.25) is 5.91 Å². The molecule has 2 rings (SSSR count). The Labute approximate surface area is 103 Å². The number of methoxy groups -OCH3 is 1. The smallest absolute Gasteiger partial charge is 0.243 e. The fourth-order valence-corrected chi connectivity index (χ4v) is 3.14. The third-order valence-corrected chi connectivity index (χ3v) is 3.99. The Kier molecular flexibility index (Phi) is 3.39. The van der Waals surface area contributed by atoms with Gasteiger partial charge in [-0.1, -0.05) is 6.92 Å². The van der Waals surface area contributed by atoms with Crippen LogP contribution in [-0.4, -0.2) is 37.6 Å². The van der Waals surface area contributed by atoms with Gasteiger partial charge in [0.05, 0.1) is 12.7 Å². The summed E-state index contributed by atoms with van der Waals surface area (Å²) in [6.07, 6.45) is 2.46. The quantitative estimate of drug-likeness (QED) is 0.744. The number of likely N-dealkylation sites (tertiary alicyclic amines) is 1. The maximum Gasteiger partial charge on any atom is 0.243 e. The van der Waals surface area contributed by atoms with E-state index in [4.69, 9.17) is 4.74 Å². The summed E-state index contributed by atoms with van der Waals surface area (Å²) in [6, 6.07) is 2.25. The highest BCUT2D eigenvalue weighted by molar-refractivity contribution is 5.86. The van der Waals surface area contributed by atoms with E-state index in [2.05, 4.69) is 13.0 Å². The standard InChI is InChI=1S/C13H20N2O2/c1-10-5-13(6-10,9-14)12(16)15-4-3-11(7-15)8-17-2/h10-11H,3-8H2,1-2H3. The van der Waals surface area contributed by atoms with Crippen molar-refractivity contribution in [1.29, 1.82) is 5.26 Å². The van der Waals surface area contributed by atoms with Gasteiger partial charge in [-0.25, -0.2) is 0 Å². The molecule has 1 heterocycles. The van der Waals surface area contributed by atoms with Crippen molar-refractivity contribution >= 4 is 5.91 Å². The largest absolute Gasteiger partial charge is 0.384 e. The van der Waals surface area contributed by atoms with E-state index in [1.165, 1.54) is 0 Å². The monoisotopic (exact) mass is 236 g/mol. The van der Waals surface area contributed by atoms with Crippen LogP contribution in [0.1, 0.15) is 26.2 Å². The van der Waals surface area contributed by atoms with Crippen molar-refractivity contribution in [3.8, 4) is 6.07 Å². The Hall–Kier alpha value is -1.08. The number of hydrogen-bond acceptors (Lipinski definition) is 3. The lowest BCUT2D eigenvalue weighted by molar-refractivity contribution is -0.144.